The zero-order valence-corrected chi connectivity index (χ0v) is 24.7. The minimum absolute atomic E-state index is 0.0937. The number of hydrogen-bond donors (Lipinski definition) is 0. The highest BCUT2D eigenvalue weighted by Gasteiger charge is 2.48. The lowest BCUT2D eigenvalue weighted by atomic mass is 9.62. The number of Topliss-reactive ketones (excluding diaryl/α,β-unsaturated/α-hetero) is 1. The van der Waals surface area contributed by atoms with Crippen molar-refractivity contribution in [3.05, 3.63) is 24.3 Å². The van der Waals surface area contributed by atoms with Gasteiger partial charge in [0.1, 0.15) is 5.78 Å². The quantitative estimate of drug-likeness (QED) is 0.104. The van der Waals surface area contributed by atoms with Crippen molar-refractivity contribution in [2.45, 2.75) is 129 Å². The van der Waals surface area contributed by atoms with Crippen LogP contribution in [-0.2, 0) is 18.8 Å². The molecule has 0 aromatic carbocycles. The van der Waals surface area contributed by atoms with Crippen LogP contribution in [0, 0.1) is 17.3 Å². The van der Waals surface area contributed by atoms with Gasteiger partial charge in [-0.3, -0.25) is 9.59 Å². The Balaban J connectivity index is 2.00. The molecule has 2 saturated carbocycles. The van der Waals surface area contributed by atoms with Gasteiger partial charge >= 0.3 is 5.97 Å². The molecule has 0 aromatic heterocycles. The summed E-state index contributed by atoms with van der Waals surface area (Å²) in [7, 11) is -0.434. The molecule has 0 saturated heterocycles. The van der Waals surface area contributed by atoms with Gasteiger partial charge < -0.3 is 9.16 Å². The first-order chi connectivity index (χ1) is 16.5. The monoisotopic (exact) mass is 504 g/mol. The fourth-order valence-electron chi connectivity index (χ4n) is 5.49. The summed E-state index contributed by atoms with van der Waals surface area (Å²) in [5.74, 6) is 0.665. The lowest BCUT2D eigenvalue weighted by Gasteiger charge is -2.51. The molecule has 2 rings (SSSR count). The predicted molar refractivity (Wildman–Crippen MR) is 148 cm³/mol. The lowest BCUT2D eigenvalue weighted by Crippen LogP contribution is -2.51. The number of ether oxygens (including phenoxy) is 1. The molecule has 2 fully saturated rings. The molecule has 0 radical (unpaired) electrons. The van der Waals surface area contributed by atoms with E-state index in [9.17, 15) is 9.59 Å². The van der Waals surface area contributed by atoms with Crippen LogP contribution in [0.15, 0.2) is 24.3 Å². The molecular formula is C30H52O4Si. The van der Waals surface area contributed by atoms with Crippen LogP contribution in [0.4, 0.5) is 0 Å². The Morgan fingerprint density at radius 2 is 1.91 bits per heavy atom. The SMILES string of the molecule is CCCC1(C(CC=C[C@H]2CCC(=O)[C@@H]2CC=CCCCC(=O)OC)O[Si](C)(C)C(C)(C)C)CCC1. The zero-order chi connectivity index (χ0) is 26.1. The van der Waals surface area contributed by atoms with E-state index in [-0.39, 0.29) is 16.9 Å². The Morgan fingerprint density at radius 1 is 1.20 bits per heavy atom. The van der Waals surface area contributed by atoms with Crippen molar-refractivity contribution in [2.75, 3.05) is 7.11 Å². The van der Waals surface area contributed by atoms with Crippen LogP contribution in [0.3, 0.4) is 0 Å². The van der Waals surface area contributed by atoms with E-state index in [2.05, 4.69) is 69.8 Å². The van der Waals surface area contributed by atoms with Gasteiger partial charge in [-0.15, -0.1) is 0 Å². The van der Waals surface area contributed by atoms with Crippen LogP contribution < -0.4 is 0 Å². The molecule has 2 aliphatic rings. The van der Waals surface area contributed by atoms with Crippen LogP contribution in [0.2, 0.25) is 18.1 Å². The van der Waals surface area contributed by atoms with Crippen molar-refractivity contribution in [3.63, 3.8) is 0 Å². The number of esters is 1. The first kappa shape index (κ1) is 30.0. The summed E-state index contributed by atoms with van der Waals surface area (Å²) in [5.41, 5.74) is 0.340. The van der Waals surface area contributed by atoms with Gasteiger partial charge in [-0.25, -0.2) is 0 Å². The second-order valence-corrected chi connectivity index (χ2v) is 17.2. The highest BCUT2D eigenvalue weighted by Crippen LogP contribution is 2.52. The predicted octanol–water partition coefficient (Wildman–Crippen LogP) is 8.18. The average molecular weight is 505 g/mol. The topological polar surface area (TPSA) is 52.6 Å². The van der Waals surface area contributed by atoms with Gasteiger partial charge in [-0.05, 0) is 80.8 Å². The summed E-state index contributed by atoms with van der Waals surface area (Å²) in [6.07, 6.45) is 21.1. The minimum Gasteiger partial charge on any atom is -0.469 e. The Kier molecular flexibility index (Phi) is 11.5. The molecule has 35 heavy (non-hydrogen) atoms. The number of rotatable bonds is 14. The van der Waals surface area contributed by atoms with E-state index in [1.54, 1.807) is 0 Å². The number of ketones is 1. The van der Waals surface area contributed by atoms with E-state index in [1.165, 1.54) is 39.2 Å². The Labute approximate surface area is 216 Å². The van der Waals surface area contributed by atoms with Gasteiger partial charge in [0.05, 0.1) is 13.2 Å². The van der Waals surface area contributed by atoms with Crippen molar-refractivity contribution in [1.29, 1.82) is 0 Å². The van der Waals surface area contributed by atoms with E-state index in [1.807, 2.05) is 0 Å². The number of unbranched alkanes of at least 4 members (excludes halogenated alkanes) is 1. The van der Waals surface area contributed by atoms with E-state index in [0.29, 0.717) is 36.1 Å². The molecule has 0 spiro atoms. The molecule has 0 aliphatic heterocycles. The minimum atomic E-state index is -1.86. The zero-order valence-electron chi connectivity index (χ0n) is 23.7. The van der Waals surface area contributed by atoms with Crippen LogP contribution in [-0.4, -0.2) is 33.3 Å². The molecule has 3 atom stereocenters. The number of methoxy groups -OCH3 is 1. The second kappa shape index (κ2) is 13.4. The highest BCUT2D eigenvalue weighted by molar-refractivity contribution is 6.74. The highest BCUT2D eigenvalue weighted by atomic mass is 28.4. The lowest BCUT2D eigenvalue weighted by molar-refractivity contribution is -0.140. The number of carbonyl (C=O) groups is 2. The molecule has 0 amide bonds. The van der Waals surface area contributed by atoms with Crippen molar-refractivity contribution in [1.82, 2.24) is 0 Å². The standard InChI is InChI=1S/C30H52O4Si/c1-8-21-30(22-14-23-30)27(34-35(6,7)29(2,3)4)17-13-15-24-19-20-26(31)25(24)16-11-9-10-12-18-28(32)33-5/h9,11,13,15,24-25,27H,8,10,12,14,16-23H2,1-7H3/t24-,25+,27?/m0/s1. The summed E-state index contributed by atoms with van der Waals surface area (Å²) >= 11 is 0. The normalized spacial score (nSPS) is 23.7. The molecule has 0 bridgehead atoms. The van der Waals surface area contributed by atoms with Gasteiger partial charge in [0.15, 0.2) is 8.32 Å². The van der Waals surface area contributed by atoms with Gasteiger partial charge in [0.25, 0.3) is 0 Å². The van der Waals surface area contributed by atoms with Gasteiger partial charge in [-0.2, -0.15) is 0 Å². The Hall–Kier alpha value is -1.20. The second-order valence-electron chi connectivity index (χ2n) is 12.4. The van der Waals surface area contributed by atoms with E-state index < -0.39 is 8.32 Å². The van der Waals surface area contributed by atoms with E-state index in [4.69, 9.17) is 4.43 Å². The molecule has 2 aliphatic carbocycles. The maximum Gasteiger partial charge on any atom is 0.305 e. The van der Waals surface area contributed by atoms with E-state index in [0.717, 1.165) is 32.1 Å². The maximum atomic E-state index is 12.6. The van der Waals surface area contributed by atoms with Gasteiger partial charge in [-0.1, -0.05) is 64.8 Å². The Morgan fingerprint density at radius 3 is 2.49 bits per heavy atom. The smallest absolute Gasteiger partial charge is 0.305 e. The Bertz CT molecular complexity index is 742. The summed E-state index contributed by atoms with van der Waals surface area (Å²) in [6, 6.07) is 0. The summed E-state index contributed by atoms with van der Waals surface area (Å²) in [4.78, 5) is 23.8. The number of hydrogen-bond acceptors (Lipinski definition) is 4. The third-order valence-corrected chi connectivity index (χ3v) is 13.4. The summed E-state index contributed by atoms with van der Waals surface area (Å²) < 4.78 is 11.8. The van der Waals surface area contributed by atoms with Crippen LogP contribution in [0.25, 0.3) is 0 Å². The third kappa shape index (κ3) is 8.42. The van der Waals surface area contributed by atoms with E-state index >= 15 is 0 Å². The molecular weight excluding hydrogens is 452 g/mol. The largest absolute Gasteiger partial charge is 0.469 e. The maximum absolute atomic E-state index is 12.6. The van der Waals surface area contributed by atoms with Gasteiger partial charge in [0.2, 0.25) is 0 Å². The molecule has 0 aromatic rings. The molecule has 0 heterocycles. The molecule has 4 nitrogen and oxygen atoms in total. The molecule has 0 N–H and O–H groups in total. The number of carbonyl (C=O) groups excluding carboxylic acids is 2. The van der Waals surface area contributed by atoms with Crippen LogP contribution in [0.1, 0.15) is 105 Å². The first-order valence-electron chi connectivity index (χ1n) is 14.0. The van der Waals surface area contributed by atoms with Crippen molar-refractivity contribution < 1.29 is 18.8 Å². The van der Waals surface area contributed by atoms with Crippen LogP contribution in [0.5, 0.6) is 0 Å². The fraction of sp³-hybridized carbons (Fsp3) is 0.800. The van der Waals surface area contributed by atoms with Crippen LogP contribution >= 0.6 is 0 Å². The molecule has 200 valence electrons. The summed E-state index contributed by atoms with van der Waals surface area (Å²) in [5, 5.41) is 0.207. The van der Waals surface area contributed by atoms with Gasteiger partial charge in [0, 0.05) is 18.8 Å². The van der Waals surface area contributed by atoms with Crippen molar-refractivity contribution in [2.24, 2.45) is 17.3 Å². The molecule has 5 heteroatoms. The van der Waals surface area contributed by atoms with Crippen molar-refractivity contribution >= 4 is 20.1 Å². The van der Waals surface area contributed by atoms with Crippen molar-refractivity contribution in [3.8, 4) is 0 Å². The fourth-order valence-corrected chi connectivity index (χ4v) is 6.90. The third-order valence-electron chi connectivity index (χ3n) is 8.95. The summed E-state index contributed by atoms with van der Waals surface area (Å²) in [6.45, 7) is 14.1. The number of allylic oxidation sites excluding steroid dienone is 3. The average Bonchev–Trinajstić information content (AvgIpc) is 3.10. The molecule has 1 unspecified atom stereocenters. The first-order valence-corrected chi connectivity index (χ1v) is 17.0.